The van der Waals surface area contributed by atoms with Gasteiger partial charge < -0.3 is 25.3 Å². The minimum Gasteiger partial charge on any atom is -0.476 e. The van der Waals surface area contributed by atoms with Crippen molar-refractivity contribution in [2.75, 3.05) is 38.7 Å². The van der Waals surface area contributed by atoms with E-state index in [0.717, 1.165) is 17.0 Å². The van der Waals surface area contributed by atoms with Gasteiger partial charge >= 0.3 is 11.7 Å². The van der Waals surface area contributed by atoms with Crippen molar-refractivity contribution in [2.24, 2.45) is 5.73 Å². The second kappa shape index (κ2) is 13.3. The van der Waals surface area contributed by atoms with Crippen molar-refractivity contribution in [3.8, 4) is 11.8 Å². The molecule has 3 aromatic rings. The number of nitro groups is 1. The molecule has 0 bridgehead atoms. The number of hydrogen-bond acceptors (Lipinski definition) is 12. The Morgan fingerprint density at radius 1 is 0.929 bits per heavy atom. The Morgan fingerprint density at radius 3 is 2.19 bits per heavy atom. The molecule has 218 valence electrons. The summed E-state index contributed by atoms with van der Waals surface area (Å²) < 4.78 is 15.7. The Balaban J connectivity index is 1.45. The first-order chi connectivity index (χ1) is 20.2. The maximum Gasteiger partial charge on any atom is 0.356 e. The third-order valence-corrected chi connectivity index (χ3v) is 6.00. The minimum atomic E-state index is -0.767. The number of fused-ring (bicyclic) bond motifs is 1. The number of benzene rings is 1. The quantitative estimate of drug-likeness (QED) is 0.0984. The van der Waals surface area contributed by atoms with Crippen LogP contribution in [-0.4, -0.2) is 76.9 Å². The number of nitrogens with one attached hydrogen (secondary N) is 1. The van der Waals surface area contributed by atoms with Crippen molar-refractivity contribution in [2.45, 2.75) is 12.8 Å². The van der Waals surface area contributed by atoms with Crippen molar-refractivity contribution in [1.29, 1.82) is 0 Å². The van der Waals surface area contributed by atoms with E-state index < -0.39 is 40.2 Å². The van der Waals surface area contributed by atoms with E-state index in [-0.39, 0.29) is 49.1 Å². The summed E-state index contributed by atoms with van der Waals surface area (Å²) in [4.78, 5) is 69.9. The van der Waals surface area contributed by atoms with Crippen LogP contribution in [0.25, 0.3) is 0 Å². The van der Waals surface area contributed by atoms with E-state index in [1.165, 1.54) is 19.2 Å². The first-order valence-corrected chi connectivity index (χ1v) is 12.7. The van der Waals surface area contributed by atoms with Gasteiger partial charge in [0.05, 0.1) is 36.4 Å². The fraction of sp³-hybridized carbons (Fsp3) is 0.259. The highest BCUT2D eigenvalue weighted by Crippen LogP contribution is 2.28. The Hall–Kier alpha value is -5.44. The van der Waals surface area contributed by atoms with Crippen molar-refractivity contribution in [3.63, 3.8) is 0 Å². The lowest BCUT2D eigenvalue weighted by molar-refractivity contribution is -0.386. The fourth-order valence-electron chi connectivity index (χ4n) is 3.94. The summed E-state index contributed by atoms with van der Waals surface area (Å²) in [7, 11) is 1.19. The number of pyridine rings is 2. The number of carbonyl (C=O) groups excluding carboxylic acids is 4. The fourth-order valence-corrected chi connectivity index (χ4v) is 3.94. The van der Waals surface area contributed by atoms with Crippen molar-refractivity contribution in [1.82, 2.24) is 14.9 Å². The van der Waals surface area contributed by atoms with E-state index in [0.29, 0.717) is 24.1 Å². The van der Waals surface area contributed by atoms with Crippen LogP contribution in [0.4, 0.5) is 11.4 Å². The number of esters is 1. The third kappa shape index (κ3) is 6.47. The lowest BCUT2D eigenvalue weighted by Gasteiger charge is -2.14. The number of aromatic nitrogens is 2. The van der Waals surface area contributed by atoms with Crippen molar-refractivity contribution >= 4 is 35.1 Å². The van der Waals surface area contributed by atoms with Gasteiger partial charge in [-0.05, 0) is 49.7 Å². The van der Waals surface area contributed by atoms with Gasteiger partial charge in [0, 0.05) is 12.6 Å². The highest BCUT2D eigenvalue weighted by molar-refractivity contribution is 6.21. The number of methoxy groups -OCH3 is 1. The predicted octanol–water partition coefficient (Wildman–Crippen LogP) is 2.22. The molecule has 15 nitrogen and oxygen atoms in total. The van der Waals surface area contributed by atoms with Gasteiger partial charge in [-0.2, -0.15) is 0 Å². The molecule has 2 aromatic heterocycles. The number of anilines is 1. The normalized spacial score (nSPS) is 12.1. The van der Waals surface area contributed by atoms with Gasteiger partial charge in [-0.15, -0.1) is 0 Å². The molecule has 0 unspecified atom stereocenters. The van der Waals surface area contributed by atoms with E-state index in [9.17, 15) is 29.3 Å². The predicted molar refractivity (Wildman–Crippen MR) is 146 cm³/mol. The molecule has 0 saturated carbocycles. The van der Waals surface area contributed by atoms with Crippen LogP contribution in [0.1, 0.15) is 54.5 Å². The molecule has 1 aliphatic heterocycles. The Bertz CT molecular complexity index is 1510. The molecule has 0 fully saturated rings. The Kier molecular flexibility index (Phi) is 9.34. The van der Waals surface area contributed by atoms with E-state index in [1.807, 2.05) is 0 Å². The van der Waals surface area contributed by atoms with Gasteiger partial charge in [0.2, 0.25) is 5.88 Å². The van der Waals surface area contributed by atoms with E-state index >= 15 is 0 Å². The molecule has 0 radical (unpaired) electrons. The van der Waals surface area contributed by atoms with Crippen LogP contribution in [0.15, 0.2) is 48.5 Å². The van der Waals surface area contributed by atoms with E-state index in [2.05, 4.69) is 20.0 Å². The maximum absolute atomic E-state index is 13.0. The molecule has 3 heterocycles. The molecule has 42 heavy (non-hydrogen) atoms. The summed E-state index contributed by atoms with van der Waals surface area (Å²) in [5, 5.41) is 14.1. The van der Waals surface area contributed by atoms with Gasteiger partial charge in [-0.1, -0.05) is 12.1 Å². The van der Waals surface area contributed by atoms with Gasteiger partial charge in [0.25, 0.3) is 23.6 Å². The van der Waals surface area contributed by atoms with E-state index in [4.69, 9.17) is 15.2 Å². The van der Waals surface area contributed by atoms with Crippen LogP contribution in [0.3, 0.4) is 0 Å². The molecule has 1 aromatic carbocycles. The minimum absolute atomic E-state index is 0.0157. The highest BCUT2D eigenvalue weighted by atomic mass is 16.6. The van der Waals surface area contributed by atoms with Crippen LogP contribution in [-0.2, 0) is 4.74 Å². The topological polar surface area (TPSA) is 206 Å². The summed E-state index contributed by atoms with van der Waals surface area (Å²) in [6.45, 7) is 0.379. The molecule has 0 atom stereocenters. The number of amides is 3. The Morgan fingerprint density at radius 2 is 1.55 bits per heavy atom. The monoisotopic (exact) mass is 578 g/mol. The van der Waals surface area contributed by atoms with Crippen molar-refractivity contribution < 1.29 is 38.3 Å². The number of hydrogen-bond donors (Lipinski definition) is 2. The van der Waals surface area contributed by atoms with Gasteiger partial charge in [0.1, 0.15) is 11.4 Å². The van der Waals surface area contributed by atoms with Crippen LogP contribution >= 0.6 is 0 Å². The number of carbonyl (C=O) groups is 4. The van der Waals surface area contributed by atoms with Crippen LogP contribution in [0, 0.1) is 10.1 Å². The summed E-state index contributed by atoms with van der Waals surface area (Å²) in [5.41, 5.74) is 5.46. The lowest BCUT2D eigenvalue weighted by Crippen LogP contribution is -2.31. The zero-order valence-electron chi connectivity index (χ0n) is 22.4. The third-order valence-electron chi connectivity index (χ3n) is 6.00. The van der Waals surface area contributed by atoms with Gasteiger partial charge in [0.15, 0.2) is 5.69 Å². The average Bonchev–Trinajstić information content (AvgIpc) is 3.24. The number of rotatable bonds is 13. The second-order valence-corrected chi connectivity index (χ2v) is 8.77. The molecule has 0 aliphatic carbocycles. The number of ether oxygens (including phenoxy) is 3. The number of imide groups is 1. The maximum atomic E-state index is 13.0. The molecular weight excluding hydrogens is 552 g/mol. The highest BCUT2D eigenvalue weighted by Gasteiger charge is 2.34. The first-order valence-electron chi connectivity index (χ1n) is 12.7. The lowest BCUT2D eigenvalue weighted by atomic mass is 10.1. The summed E-state index contributed by atoms with van der Waals surface area (Å²) in [6, 6.07) is 11.4. The molecule has 3 amide bonds. The largest absolute Gasteiger partial charge is 0.476 e. The smallest absolute Gasteiger partial charge is 0.356 e. The Labute approximate surface area is 238 Å². The molecule has 0 saturated heterocycles. The van der Waals surface area contributed by atoms with Gasteiger partial charge in [-0.3, -0.25) is 29.4 Å². The zero-order valence-corrected chi connectivity index (χ0v) is 22.4. The molecule has 3 N–H and O–H groups in total. The average molecular weight is 579 g/mol. The molecule has 15 heteroatoms. The van der Waals surface area contributed by atoms with Crippen molar-refractivity contribution in [3.05, 3.63) is 81.2 Å². The van der Waals surface area contributed by atoms with Crippen LogP contribution < -0.4 is 20.5 Å². The standard InChI is InChI=1S/C27H26N6O9/c1-40-27(37)20-9-8-19(23(31-20)41-14-4-12-28)29-22(34)18-10-11-21(33(38)39)24(30-18)42-15-5-13-32-25(35)16-6-2-3-7-17(16)26(32)36/h2-3,6-11H,4-5,12-15,28H2,1H3,(H,29,34). The molecule has 4 rings (SSSR count). The van der Waals surface area contributed by atoms with Gasteiger partial charge in [-0.25, -0.2) is 14.8 Å². The summed E-state index contributed by atoms with van der Waals surface area (Å²) in [5.74, 6) is -2.83. The SMILES string of the molecule is COC(=O)c1ccc(NC(=O)c2ccc([N+](=O)[O-])c(OCCCN3C(=O)c4ccccc4C3=O)n2)c(OCCCN)n1. The number of nitrogens with zero attached hydrogens (tertiary/aromatic N) is 4. The summed E-state index contributed by atoms with van der Waals surface area (Å²) >= 11 is 0. The van der Waals surface area contributed by atoms with Crippen LogP contribution in [0.2, 0.25) is 0 Å². The second-order valence-electron chi connectivity index (χ2n) is 8.77. The molecular formula is C27H26N6O9. The number of nitrogens with two attached hydrogens (primary N) is 1. The molecule has 0 spiro atoms. The summed E-state index contributed by atoms with van der Waals surface area (Å²) in [6.07, 6.45) is 0.636. The zero-order chi connectivity index (χ0) is 30.2. The first kappa shape index (κ1) is 29.5. The van der Waals surface area contributed by atoms with E-state index in [1.54, 1.807) is 24.3 Å². The molecule has 1 aliphatic rings. The van der Waals surface area contributed by atoms with Crippen LogP contribution in [0.5, 0.6) is 11.8 Å².